The lowest BCUT2D eigenvalue weighted by atomic mass is 10.0. The van der Waals surface area contributed by atoms with E-state index in [1.165, 1.54) is 17.4 Å². The molecule has 0 aliphatic carbocycles. The van der Waals surface area contributed by atoms with Gasteiger partial charge in [-0.1, -0.05) is 24.3 Å². The summed E-state index contributed by atoms with van der Waals surface area (Å²) in [5.74, 6) is 0.942. The van der Waals surface area contributed by atoms with E-state index in [0.29, 0.717) is 11.5 Å². The van der Waals surface area contributed by atoms with Gasteiger partial charge in [0.25, 0.3) is 0 Å². The van der Waals surface area contributed by atoms with Gasteiger partial charge in [-0.3, -0.25) is 4.79 Å². The average Bonchev–Trinajstić information content (AvgIpc) is 3.16. The molecule has 0 aliphatic heterocycles. The summed E-state index contributed by atoms with van der Waals surface area (Å²) in [5.41, 5.74) is -0.333. The average molecular weight is 397 g/mol. The highest BCUT2D eigenvalue weighted by Gasteiger charge is 2.25. The highest BCUT2D eigenvalue weighted by Crippen LogP contribution is 2.33. The zero-order valence-electron chi connectivity index (χ0n) is 16.1. The lowest BCUT2D eigenvalue weighted by molar-refractivity contribution is -0.117. The van der Waals surface area contributed by atoms with Crippen molar-refractivity contribution in [1.82, 2.24) is 5.32 Å². The van der Waals surface area contributed by atoms with Crippen molar-refractivity contribution in [2.24, 2.45) is 0 Å². The number of rotatable bonds is 7. The van der Waals surface area contributed by atoms with Crippen molar-refractivity contribution in [3.8, 4) is 11.5 Å². The van der Waals surface area contributed by atoms with Crippen molar-refractivity contribution in [2.75, 3.05) is 20.8 Å². The maximum atomic E-state index is 12.2. The molecule has 2 aromatic carbocycles. The summed E-state index contributed by atoms with van der Waals surface area (Å²) in [6, 6.07) is 15.3. The first-order valence-electron chi connectivity index (χ1n) is 8.82. The van der Waals surface area contributed by atoms with Crippen LogP contribution in [0.3, 0.4) is 0 Å². The quantitative estimate of drug-likeness (QED) is 0.592. The van der Waals surface area contributed by atoms with Crippen LogP contribution >= 0.6 is 11.3 Å². The number of carbonyl (C=O) groups is 1. The standard InChI is InChI=1S/C22H23NO4S/c1-22(25,20-13-16-6-4-5-7-19(16)28-20)14-23-21(24)11-9-15-8-10-17(26-2)18(12-15)27-3/h4-13,25H,14H2,1-3H3,(H,23,24)/b11-9+. The first-order valence-corrected chi connectivity index (χ1v) is 9.64. The van der Waals surface area contributed by atoms with Crippen LogP contribution < -0.4 is 14.8 Å². The van der Waals surface area contributed by atoms with E-state index in [4.69, 9.17) is 9.47 Å². The van der Waals surface area contributed by atoms with Crippen molar-refractivity contribution < 1.29 is 19.4 Å². The minimum atomic E-state index is -1.14. The van der Waals surface area contributed by atoms with Crippen LogP contribution in [0.2, 0.25) is 0 Å². The molecule has 2 N–H and O–H groups in total. The Morgan fingerprint density at radius 3 is 2.61 bits per heavy atom. The summed E-state index contributed by atoms with van der Waals surface area (Å²) >= 11 is 1.53. The monoisotopic (exact) mass is 397 g/mol. The van der Waals surface area contributed by atoms with Gasteiger partial charge in [0, 0.05) is 15.7 Å². The van der Waals surface area contributed by atoms with Gasteiger partial charge in [0.1, 0.15) is 5.60 Å². The van der Waals surface area contributed by atoms with E-state index in [2.05, 4.69) is 5.32 Å². The number of hydrogen-bond donors (Lipinski definition) is 2. The first-order chi connectivity index (χ1) is 13.4. The minimum Gasteiger partial charge on any atom is -0.493 e. The molecule has 1 amide bonds. The Hall–Kier alpha value is -2.83. The molecule has 0 bridgehead atoms. The molecule has 0 saturated heterocycles. The fourth-order valence-electron chi connectivity index (χ4n) is 2.78. The second kappa shape index (κ2) is 8.46. The largest absolute Gasteiger partial charge is 0.493 e. The summed E-state index contributed by atoms with van der Waals surface area (Å²) in [6.07, 6.45) is 3.12. The molecule has 0 aliphatic rings. The molecule has 0 saturated carbocycles. The number of aliphatic hydroxyl groups is 1. The summed E-state index contributed by atoms with van der Waals surface area (Å²) < 4.78 is 11.6. The second-order valence-electron chi connectivity index (χ2n) is 6.59. The number of methoxy groups -OCH3 is 2. The topological polar surface area (TPSA) is 67.8 Å². The predicted molar refractivity (Wildman–Crippen MR) is 113 cm³/mol. The van der Waals surface area contributed by atoms with Crippen LogP contribution in [-0.2, 0) is 10.4 Å². The third-order valence-electron chi connectivity index (χ3n) is 4.40. The molecule has 28 heavy (non-hydrogen) atoms. The minimum absolute atomic E-state index is 0.120. The lowest BCUT2D eigenvalue weighted by Crippen LogP contribution is -2.37. The number of amides is 1. The molecule has 1 heterocycles. The van der Waals surface area contributed by atoms with Crippen LogP contribution in [-0.4, -0.2) is 31.8 Å². The Morgan fingerprint density at radius 2 is 1.89 bits per heavy atom. The van der Waals surface area contributed by atoms with Gasteiger partial charge in [0.15, 0.2) is 11.5 Å². The second-order valence-corrected chi connectivity index (χ2v) is 7.67. The van der Waals surface area contributed by atoms with E-state index < -0.39 is 5.60 Å². The molecule has 3 aromatic rings. The Balaban J connectivity index is 1.63. The predicted octanol–water partition coefficient (Wildman–Crippen LogP) is 3.96. The Kier molecular flexibility index (Phi) is 6.02. The molecule has 6 heteroatoms. The molecule has 0 radical (unpaired) electrons. The summed E-state index contributed by atoms with van der Waals surface area (Å²) in [5, 5.41) is 14.6. The van der Waals surface area contributed by atoms with Gasteiger partial charge in [-0.05, 0) is 48.2 Å². The maximum absolute atomic E-state index is 12.2. The van der Waals surface area contributed by atoms with Crippen LogP contribution in [0.4, 0.5) is 0 Å². The Labute approximate surface area is 168 Å². The van der Waals surface area contributed by atoms with Gasteiger partial charge in [0.2, 0.25) is 5.91 Å². The van der Waals surface area contributed by atoms with Gasteiger partial charge in [-0.25, -0.2) is 0 Å². The van der Waals surface area contributed by atoms with Crippen molar-refractivity contribution in [2.45, 2.75) is 12.5 Å². The molecule has 146 valence electrons. The van der Waals surface area contributed by atoms with Crippen molar-refractivity contribution in [3.63, 3.8) is 0 Å². The van der Waals surface area contributed by atoms with Crippen molar-refractivity contribution in [3.05, 3.63) is 65.0 Å². The number of thiophene rings is 1. The van der Waals surface area contributed by atoms with Gasteiger partial charge in [0.05, 0.1) is 20.8 Å². The number of hydrogen-bond acceptors (Lipinski definition) is 5. The van der Waals surface area contributed by atoms with E-state index in [-0.39, 0.29) is 12.5 Å². The normalized spacial score (nSPS) is 13.4. The lowest BCUT2D eigenvalue weighted by Gasteiger charge is -2.21. The SMILES string of the molecule is COc1ccc(/C=C/C(=O)NCC(C)(O)c2cc3ccccc3s2)cc1OC. The molecule has 3 rings (SSSR count). The van der Waals surface area contributed by atoms with Crippen LogP contribution in [0.25, 0.3) is 16.2 Å². The molecule has 5 nitrogen and oxygen atoms in total. The molecule has 0 spiro atoms. The number of fused-ring (bicyclic) bond motifs is 1. The Morgan fingerprint density at radius 1 is 1.14 bits per heavy atom. The highest BCUT2D eigenvalue weighted by molar-refractivity contribution is 7.19. The molecular formula is C22H23NO4S. The number of nitrogens with one attached hydrogen (secondary N) is 1. The van der Waals surface area contributed by atoms with Crippen LogP contribution in [0, 0.1) is 0 Å². The third kappa shape index (κ3) is 4.52. The molecule has 1 unspecified atom stereocenters. The van der Waals surface area contributed by atoms with Crippen molar-refractivity contribution >= 4 is 33.4 Å². The zero-order valence-corrected chi connectivity index (χ0v) is 16.9. The number of carbonyl (C=O) groups excluding carboxylic acids is 1. The zero-order chi connectivity index (χ0) is 20.1. The van der Waals surface area contributed by atoms with E-state index in [1.807, 2.05) is 36.4 Å². The van der Waals surface area contributed by atoms with Crippen LogP contribution in [0.15, 0.2) is 54.6 Å². The Bertz CT molecular complexity index is 974. The summed E-state index contributed by atoms with van der Waals surface area (Å²) in [6.45, 7) is 1.82. The van der Waals surface area contributed by atoms with E-state index >= 15 is 0 Å². The summed E-state index contributed by atoms with van der Waals surface area (Å²) in [4.78, 5) is 13.0. The molecule has 1 aromatic heterocycles. The van der Waals surface area contributed by atoms with Gasteiger partial charge < -0.3 is 19.9 Å². The third-order valence-corrected chi connectivity index (χ3v) is 5.77. The van der Waals surface area contributed by atoms with E-state index in [9.17, 15) is 9.90 Å². The van der Waals surface area contributed by atoms with Crippen LogP contribution in [0.5, 0.6) is 11.5 Å². The van der Waals surface area contributed by atoms with Crippen LogP contribution in [0.1, 0.15) is 17.4 Å². The molecule has 1 atom stereocenters. The highest BCUT2D eigenvalue weighted by atomic mass is 32.1. The van der Waals surface area contributed by atoms with Gasteiger partial charge in [-0.2, -0.15) is 0 Å². The van der Waals surface area contributed by atoms with E-state index in [1.54, 1.807) is 39.4 Å². The fraction of sp³-hybridized carbons (Fsp3) is 0.227. The number of ether oxygens (including phenoxy) is 2. The smallest absolute Gasteiger partial charge is 0.244 e. The van der Waals surface area contributed by atoms with Gasteiger partial charge >= 0.3 is 0 Å². The van der Waals surface area contributed by atoms with Gasteiger partial charge in [-0.15, -0.1) is 11.3 Å². The first kappa shape index (κ1) is 19.9. The van der Waals surface area contributed by atoms with E-state index in [0.717, 1.165) is 20.5 Å². The van der Waals surface area contributed by atoms with Crippen molar-refractivity contribution in [1.29, 1.82) is 0 Å². The molecule has 0 fully saturated rings. The number of benzene rings is 2. The maximum Gasteiger partial charge on any atom is 0.244 e. The summed E-state index contributed by atoms with van der Waals surface area (Å²) in [7, 11) is 3.14. The molecular weight excluding hydrogens is 374 g/mol. The fourth-order valence-corrected chi connectivity index (χ4v) is 3.89.